The maximum atomic E-state index is 9.93. The SMILES string of the molecule is CCC[C@H](O)c1ccc(-c2c(C)n[nH]c2C)cc1. The fraction of sp³-hybridized carbons (Fsp3) is 0.400. The summed E-state index contributed by atoms with van der Waals surface area (Å²) in [6.45, 7) is 6.10. The van der Waals surface area contributed by atoms with Crippen LogP contribution < -0.4 is 0 Å². The van der Waals surface area contributed by atoms with Crippen LogP contribution in [-0.4, -0.2) is 15.3 Å². The minimum absolute atomic E-state index is 0.351. The molecule has 1 aromatic heterocycles. The van der Waals surface area contributed by atoms with E-state index in [4.69, 9.17) is 0 Å². The molecule has 3 nitrogen and oxygen atoms in total. The van der Waals surface area contributed by atoms with Crippen molar-refractivity contribution in [1.82, 2.24) is 10.2 Å². The van der Waals surface area contributed by atoms with E-state index in [2.05, 4.69) is 29.3 Å². The van der Waals surface area contributed by atoms with Crippen LogP contribution in [0.2, 0.25) is 0 Å². The van der Waals surface area contributed by atoms with E-state index in [9.17, 15) is 5.11 Å². The summed E-state index contributed by atoms with van der Waals surface area (Å²) in [6.07, 6.45) is 1.45. The number of hydrogen-bond donors (Lipinski definition) is 2. The summed E-state index contributed by atoms with van der Waals surface area (Å²) in [6, 6.07) is 8.11. The van der Waals surface area contributed by atoms with Crippen molar-refractivity contribution >= 4 is 0 Å². The summed E-state index contributed by atoms with van der Waals surface area (Å²) >= 11 is 0. The first kappa shape index (κ1) is 12.8. The van der Waals surface area contributed by atoms with Crippen molar-refractivity contribution in [3.05, 3.63) is 41.2 Å². The van der Waals surface area contributed by atoms with Gasteiger partial charge in [-0.2, -0.15) is 5.10 Å². The summed E-state index contributed by atoms with van der Waals surface area (Å²) in [5, 5.41) is 17.1. The molecule has 2 rings (SSSR count). The van der Waals surface area contributed by atoms with Crippen LogP contribution in [0, 0.1) is 13.8 Å². The van der Waals surface area contributed by atoms with Gasteiger partial charge in [-0.3, -0.25) is 5.10 Å². The molecule has 96 valence electrons. The van der Waals surface area contributed by atoms with Crippen molar-refractivity contribution in [3.63, 3.8) is 0 Å². The van der Waals surface area contributed by atoms with Crippen LogP contribution in [0.3, 0.4) is 0 Å². The van der Waals surface area contributed by atoms with Gasteiger partial charge in [0, 0.05) is 11.3 Å². The molecule has 0 fully saturated rings. The zero-order chi connectivity index (χ0) is 13.1. The van der Waals surface area contributed by atoms with Gasteiger partial charge in [-0.1, -0.05) is 37.6 Å². The average molecular weight is 244 g/mol. The van der Waals surface area contributed by atoms with Gasteiger partial charge in [-0.05, 0) is 31.4 Å². The van der Waals surface area contributed by atoms with Crippen LogP contribution in [0.5, 0.6) is 0 Å². The molecule has 0 aliphatic carbocycles. The molecule has 1 atom stereocenters. The van der Waals surface area contributed by atoms with Gasteiger partial charge in [0.25, 0.3) is 0 Å². The molecular formula is C15H20N2O. The topological polar surface area (TPSA) is 48.9 Å². The molecule has 0 aliphatic rings. The van der Waals surface area contributed by atoms with Gasteiger partial charge in [0.1, 0.15) is 0 Å². The number of aliphatic hydroxyl groups excluding tert-OH is 1. The van der Waals surface area contributed by atoms with Crippen molar-refractivity contribution in [2.75, 3.05) is 0 Å². The van der Waals surface area contributed by atoms with Gasteiger partial charge in [0.05, 0.1) is 11.8 Å². The van der Waals surface area contributed by atoms with Crippen LogP contribution in [0.4, 0.5) is 0 Å². The second-order valence-electron chi connectivity index (χ2n) is 4.74. The van der Waals surface area contributed by atoms with E-state index in [1.165, 1.54) is 0 Å². The van der Waals surface area contributed by atoms with Crippen LogP contribution in [0.25, 0.3) is 11.1 Å². The normalized spacial score (nSPS) is 12.7. The monoisotopic (exact) mass is 244 g/mol. The second-order valence-corrected chi connectivity index (χ2v) is 4.74. The first-order chi connectivity index (χ1) is 8.63. The highest BCUT2D eigenvalue weighted by Crippen LogP contribution is 2.27. The summed E-state index contributed by atoms with van der Waals surface area (Å²) in [4.78, 5) is 0. The molecule has 0 bridgehead atoms. The maximum absolute atomic E-state index is 9.93. The van der Waals surface area contributed by atoms with Crippen LogP contribution >= 0.6 is 0 Å². The lowest BCUT2D eigenvalue weighted by atomic mass is 9.99. The Bertz CT molecular complexity index is 494. The van der Waals surface area contributed by atoms with Gasteiger partial charge in [-0.25, -0.2) is 0 Å². The van der Waals surface area contributed by atoms with Gasteiger partial charge in [0.2, 0.25) is 0 Å². The Morgan fingerprint density at radius 2 is 1.89 bits per heavy atom. The van der Waals surface area contributed by atoms with E-state index in [1.54, 1.807) is 0 Å². The largest absolute Gasteiger partial charge is 0.388 e. The van der Waals surface area contributed by atoms with Gasteiger partial charge in [-0.15, -0.1) is 0 Å². The molecule has 0 spiro atoms. The quantitative estimate of drug-likeness (QED) is 0.864. The fourth-order valence-corrected chi connectivity index (χ4v) is 2.29. The van der Waals surface area contributed by atoms with Gasteiger partial charge < -0.3 is 5.11 Å². The molecule has 0 radical (unpaired) electrons. The Kier molecular flexibility index (Phi) is 3.82. The summed E-state index contributed by atoms with van der Waals surface area (Å²) < 4.78 is 0. The summed E-state index contributed by atoms with van der Waals surface area (Å²) in [5.41, 5.74) is 5.38. The molecule has 0 saturated heterocycles. The third kappa shape index (κ3) is 2.46. The molecule has 1 aromatic carbocycles. The number of aromatic nitrogens is 2. The van der Waals surface area contributed by atoms with Crippen molar-refractivity contribution in [3.8, 4) is 11.1 Å². The molecule has 2 N–H and O–H groups in total. The Labute approximate surface area is 108 Å². The van der Waals surface area contributed by atoms with Crippen molar-refractivity contribution in [1.29, 1.82) is 0 Å². The zero-order valence-electron chi connectivity index (χ0n) is 11.2. The number of aliphatic hydroxyl groups is 1. The predicted molar refractivity (Wildman–Crippen MR) is 73.4 cm³/mol. The van der Waals surface area contributed by atoms with E-state index < -0.39 is 0 Å². The van der Waals surface area contributed by atoms with Crippen molar-refractivity contribution < 1.29 is 5.11 Å². The van der Waals surface area contributed by atoms with Crippen LogP contribution in [0.1, 0.15) is 42.8 Å². The summed E-state index contributed by atoms with van der Waals surface area (Å²) in [5.74, 6) is 0. The third-order valence-corrected chi connectivity index (χ3v) is 3.27. The minimum Gasteiger partial charge on any atom is -0.388 e. The van der Waals surface area contributed by atoms with Crippen molar-refractivity contribution in [2.45, 2.75) is 39.7 Å². The second kappa shape index (κ2) is 5.36. The molecule has 18 heavy (non-hydrogen) atoms. The number of H-pyrrole nitrogens is 1. The van der Waals surface area contributed by atoms with E-state index in [0.717, 1.165) is 40.9 Å². The van der Waals surface area contributed by atoms with Crippen LogP contribution in [0.15, 0.2) is 24.3 Å². The summed E-state index contributed by atoms with van der Waals surface area (Å²) in [7, 11) is 0. The number of benzene rings is 1. The highest BCUT2D eigenvalue weighted by Gasteiger charge is 2.10. The molecule has 0 amide bonds. The number of nitrogens with one attached hydrogen (secondary N) is 1. The fourth-order valence-electron chi connectivity index (χ4n) is 2.29. The molecule has 2 aromatic rings. The van der Waals surface area contributed by atoms with Gasteiger partial charge in [0.15, 0.2) is 0 Å². The Balaban J connectivity index is 2.28. The molecule has 1 heterocycles. The lowest BCUT2D eigenvalue weighted by molar-refractivity contribution is 0.166. The third-order valence-electron chi connectivity index (χ3n) is 3.27. The van der Waals surface area contributed by atoms with E-state index in [-0.39, 0.29) is 6.10 Å². The molecule has 0 saturated carbocycles. The standard InChI is InChI=1S/C15H20N2O/c1-4-5-14(18)12-6-8-13(9-7-12)15-10(2)16-17-11(15)3/h6-9,14,18H,4-5H2,1-3H3,(H,16,17)/t14-/m0/s1. The van der Waals surface area contributed by atoms with Crippen molar-refractivity contribution in [2.24, 2.45) is 0 Å². The first-order valence-corrected chi connectivity index (χ1v) is 6.43. The predicted octanol–water partition coefficient (Wildman–Crippen LogP) is 3.53. The highest BCUT2D eigenvalue weighted by atomic mass is 16.3. The number of rotatable bonds is 4. The van der Waals surface area contributed by atoms with E-state index >= 15 is 0 Å². The van der Waals surface area contributed by atoms with E-state index in [0.29, 0.717) is 0 Å². The number of aryl methyl sites for hydroxylation is 2. The van der Waals surface area contributed by atoms with E-state index in [1.807, 2.05) is 26.0 Å². The first-order valence-electron chi connectivity index (χ1n) is 6.43. The highest BCUT2D eigenvalue weighted by molar-refractivity contribution is 5.68. The zero-order valence-corrected chi connectivity index (χ0v) is 11.2. The molecule has 0 aliphatic heterocycles. The Morgan fingerprint density at radius 3 is 2.39 bits per heavy atom. The maximum Gasteiger partial charge on any atom is 0.0790 e. The lowest BCUT2D eigenvalue weighted by Gasteiger charge is -2.10. The Hall–Kier alpha value is -1.61. The molecule has 3 heteroatoms. The number of aromatic amines is 1. The number of hydrogen-bond acceptors (Lipinski definition) is 2. The minimum atomic E-state index is -0.351. The van der Waals surface area contributed by atoms with Gasteiger partial charge >= 0.3 is 0 Å². The smallest absolute Gasteiger partial charge is 0.0790 e. The Morgan fingerprint density at radius 1 is 1.22 bits per heavy atom. The molecule has 0 unspecified atom stereocenters. The molecular weight excluding hydrogens is 224 g/mol. The number of nitrogens with zero attached hydrogens (tertiary/aromatic N) is 1. The lowest BCUT2D eigenvalue weighted by Crippen LogP contribution is -1.96. The average Bonchev–Trinajstić information content (AvgIpc) is 2.70. The van der Waals surface area contributed by atoms with Crippen LogP contribution in [-0.2, 0) is 0 Å².